The third-order valence-electron chi connectivity index (χ3n) is 3.51. The van der Waals surface area contributed by atoms with Gasteiger partial charge in [-0.25, -0.2) is 14.6 Å². The van der Waals surface area contributed by atoms with Crippen molar-refractivity contribution in [3.8, 4) is 0 Å². The number of carboxylic acid groups (broad SMARTS) is 1. The van der Waals surface area contributed by atoms with Crippen LogP contribution in [0.1, 0.15) is 26.3 Å². The van der Waals surface area contributed by atoms with E-state index in [2.05, 4.69) is 4.98 Å². The molecule has 1 aromatic heterocycles. The number of aliphatic carboxylic acids is 1. The molecular formula is C16H23N3O4. The van der Waals surface area contributed by atoms with Crippen LogP contribution in [0.3, 0.4) is 0 Å². The fraction of sp³-hybridized carbons (Fsp3) is 0.562. The van der Waals surface area contributed by atoms with Crippen molar-refractivity contribution in [1.29, 1.82) is 0 Å². The highest BCUT2D eigenvalue weighted by atomic mass is 16.6. The molecule has 0 bridgehead atoms. The van der Waals surface area contributed by atoms with Crippen LogP contribution >= 0.6 is 0 Å². The zero-order valence-electron chi connectivity index (χ0n) is 13.9. The number of carbonyl (C=O) groups excluding carboxylic acids is 1. The lowest BCUT2D eigenvalue weighted by Crippen LogP contribution is -2.58. The molecule has 1 amide bonds. The number of hydrogen-bond donors (Lipinski definition) is 1. The first-order valence-electron chi connectivity index (χ1n) is 7.57. The van der Waals surface area contributed by atoms with Crippen molar-refractivity contribution in [2.24, 2.45) is 0 Å². The summed E-state index contributed by atoms with van der Waals surface area (Å²) in [6.07, 6.45) is 1.17. The number of nitrogens with zero attached hydrogens (tertiary/aromatic N) is 3. The topological polar surface area (TPSA) is 83.0 Å². The molecule has 2 rings (SSSR count). The van der Waals surface area contributed by atoms with Gasteiger partial charge in [-0.1, -0.05) is 0 Å². The summed E-state index contributed by atoms with van der Waals surface area (Å²) in [5.74, 6) is -0.372. The Balaban J connectivity index is 2.15. The quantitative estimate of drug-likeness (QED) is 0.896. The molecule has 1 aliphatic heterocycles. The Bertz CT molecular complexity index is 597. The minimum absolute atomic E-state index is 0.0693. The molecule has 0 spiro atoms. The molecule has 1 unspecified atom stereocenters. The smallest absolute Gasteiger partial charge is 0.410 e. The number of rotatable bonds is 2. The van der Waals surface area contributed by atoms with E-state index in [-0.39, 0.29) is 6.54 Å². The van der Waals surface area contributed by atoms with Crippen LogP contribution < -0.4 is 4.90 Å². The summed E-state index contributed by atoms with van der Waals surface area (Å²) in [4.78, 5) is 31.2. The molecule has 1 atom stereocenters. The normalized spacial score (nSPS) is 18.7. The molecule has 126 valence electrons. The second-order valence-corrected chi connectivity index (χ2v) is 6.67. The van der Waals surface area contributed by atoms with E-state index < -0.39 is 23.7 Å². The van der Waals surface area contributed by atoms with E-state index in [1.54, 1.807) is 31.9 Å². The number of aromatic nitrogens is 1. The first-order chi connectivity index (χ1) is 10.7. The lowest BCUT2D eigenvalue weighted by atomic mass is 10.1. The average Bonchev–Trinajstić information content (AvgIpc) is 2.44. The first-order valence-corrected chi connectivity index (χ1v) is 7.57. The Morgan fingerprint density at radius 1 is 1.35 bits per heavy atom. The molecule has 2 heterocycles. The van der Waals surface area contributed by atoms with E-state index in [0.717, 1.165) is 5.56 Å². The number of pyridine rings is 1. The van der Waals surface area contributed by atoms with Crippen molar-refractivity contribution in [2.75, 3.05) is 24.5 Å². The fourth-order valence-electron chi connectivity index (χ4n) is 2.44. The lowest BCUT2D eigenvalue weighted by molar-refractivity contribution is -0.139. The maximum absolute atomic E-state index is 12.2. The first kappa shape index (κ1) is 17.1. The number of ether oxygens (including phenoxy) is 1. The van der Waals surface area contributed by atoms with Crippen molar-refractivity contribution in [2.45, 2.75) is 39.3 Å². The van der Waals surface area contributed by atoms with Crippen molar-refractivity contribution in [1.82, 2.24) is 9.88 Å². The minimum Gasteiger partial charge on any atom is -0.480 e. The maximum Gasteiger partial charge on any atom is 0.410 e. The lowest BCUT2D eigenvalue weighted by Gasteiger charge is -2.40. The molecule has 23 heavy (non-hydrogen) atoms. The molecule has 1 saturated heterocycles. The van der Waals surface area contributed by atoms with Crippen LogP contribution in [-0.4, -0.2) is 58.3 Å². The molecular weight excluding hydrogens is 298 g/mol. The van der Waals surface area contributed by atoms with Gasteiger partial charge in [0, 0.05) is 19.3 Å². The van der Waals surface area contributed by atoms with Crippen molar-refractivity contribution in [3.63, 3.8) is 0 Å². The Kier molecular flexibility index (Phi) is 4.77. The third kappa shape index (κ3) is 4.34. The molecule has 7 nitrogen and oxygen atoms in total. The van der Waals surface area contributed by atoms with Crippen molar-refractivity contribution < 1.29 is 19.4 Å². The van der Waals surface area contributed by atoms with Gasteiger partial charge in [0.2, 0.25) is 0 Å². The van der Waals surface area contributed by atoms with E-state index in [0.29, 0.717) is 18.9 Å². The van der Waals surface area contributed by atoms with Gasteiger partial charge in [0.25, 0.3) is 0 Å². The van der Waals surface area contributed by atoms with E-state index in [1.165, 1.54) is 4.90 Å². The van der Waals surface area contributed by atoms with Gasteiger partial charge in [-0.05, 0) is 45.4 Å². The fourth-order valence-corrected chi connectivity index (χ4v) is 2.44. The largest absolute Gasteiger partial charge is 0.480 e. The Morgan fingerprint density at radius 3 is 2.61 bits per heavy atom. The zero-order valence-corrected chi connectivity index (χ0v) is 13.9. The van der Waals surface area contributed by atoms with Crippen LogP contribution in [0.2, 0.25) is 0 Å². The predicted molar refractivity (Wildman–Crippen MR) is 85.6 cm³/mol. The minimum atomic E-state index is -0.985. The monoisotopic (exact) mass is 321 g/mol. The zero-order chi connectivity index (χ0) is 17.2. The van der Waals surface area contributed by atoms with Gasteiger partial charge >= 0.3 is 12.1 Å². The summed E-state index contributed by atoms with van der Waals surface area (Å²) in [5.41, 5.74) is 0.402. The Hall–Kier alpha value is -2.31. The van der Waals surface area contributed by atoms with Gasteiger partial charge in [-0.2, -0.15) is 0 Å². The molecule has 0 radical (unpaired) electrons. The highest BCUT2D eigenvalue weighted by Gasteiger charge is 2.36. The predicted octanol–water partition coefficient (Wildman–Crippen LogP) is 1.90. The van der Waals surface area contributed by atoms with Crippen LogP contribution in [0.15, 0.2) is 18.3 Å². The van der Waals surface area contributed by atoms with E-state index >= 15 is 0 Å². The van der Waals surface area contributed by atoms with Crippen LogP contribution in [0.4, 0.5) is 10.6 Å². The van der Waals surface area contributed by atoms with Crippen LogP contribution in [0.5, 0.6) is 0 Å². The second-order valence-electron chi connectivity index (χ2n) is 6.67. The van der Waals surface area contributed by atoms with Gasteiger partial charge in [0.1, 0.15) is 17.5 Å². The van der Waals surface area contributed by atoms with Gasteiger partial charge in [0.05, 0.1) is 6.54 Å². The Labute approximate surface area is 135 Å². The molecule has 1 fully saturated rings. The highest BCUT2D eigenvalue weighted by molar-refractivity contribution is 5.80. The van der Waals surface area contributed by atoms with Crippen LogP contribution in [-0.2, 0) is 9.53 Å². The number of amides is 1. The van der Waals surface area contributed by atoms with Crippen molar-refractivity contribution in [3.05, 3.63) is 23.9 Å². The molecule has 0 aliphatic carbocycles. The molecule has 1 aliphatic rings. The van der Waals surface area contributed by atoms with Crippen LogP contribution in [0, 0.1) is 6.92 Å². The van der Waals surface area contributed by atoms with Crippen LogP contribution in [0.25, 0.3) is 0 Å². The number of hydrogen-bond acceptors (Lipinski definition) is 5. The second kappa shape index (κ2) is 6.44. The number of aryl methyl sites for hydroxylation is 1. The average molecular weight is 321 g/mol. The summed E-state index contributed by atoms with van der Waals surface area (Å²) < 4.78 is 5.33. The third-order valence-corrected chi connectivity index (χ3v) is 3.51. The molecule has 1 N–H and O–H groups in total. The molecule has 1 aromatic rings. The summed E-state index contributed by atoms with van der Waals surface area (Å²) in [6.45, 7) is 8.14. The summed E-state index contributed by atoms with van der Waals surface area (Å²) in [6, 6.07) is 2.86. The number of anilines is 1. The van der Waals surface area contributed by atoms with Crippen molar-refractivity contribution >= 4 is 17.9 Å². The van der Waals surface area contributed by atoms with Gasteiger partial charge in [-0.15, -0.1) is 0 Å². The maximum atomic E-state index is 12.2. The molecule has 0 saturated carbocycles. The summed E-state index contributed by atoms with van der Waals surface area (Å²) >= 11 is 0. The number of carbonyl (C=O) groups is 2. The molecule has 0 aromatic carbocycles. The van der Waals surface area contributed by atoms with Gasteiger partial charge < -0.3 is 19.6 Å². The van der Waals surface area contributed by atoms with Gasteiger partial charge in [-0.3, -0.25) is 0 Å². The van der Waals surface area contributed by atoms with E-state index in [9.17, 15) is 14.7 Å². The summed E-state index contributed by atoms with van der Waals surface area (Å²) in [7, 11) is 0. The van der Waals surface area contributed by atoms with Gasteiger partial charge in [0.15, 0.2) is 0 Å². The highest BCUT2D eigenvalue weighted by Crippen LogP contribution is 2.21. The van der Waals surface area contributed by atoms with E-state index in [4.69, 9.17) is 4.74 Å². The van der Waals surface area contributed by atoms with E-state index in [1.807, 2.05) is 19.1 Å². The molecule has 7 heteroatoms. The standard InChI is InChI=1S/C16H23N3O4/c1-11-5-6-17-13(9-11)19-8-7-18(10-12(19)14(20)21)15(22)23-16(2,3)4/h5-6,9,12H,7-8,10H2,1-4H3,(H,20,21). The number of piperazine rings is 1. The Morgan fingerprint density at radius 2 is 2.04 bits per heavy atom. The summed E-state index contributed by atoms with van der Waals surface area (Å²) in [5, 5.41) is 9.52. The number of carboxylic acids is 1. The SMILES string of the molecule is Cc1ccnc(N2CCN(C(=O)OC(C)(C)C)CC2C(=O)O)c1.